The van der Waals surface area contributed by atoms with Crippen LogP contribution in [0.2, 0.25) is 0 Å². The van der Waals surface area contributed by atoms with Crippen molar-refractivity contribution >= 4 is 0 Å². The van der Waals surface area contributed by atoms with Crippen molar-refractivity contribution < 1.29 is 0 Å². The number of rotatable bonds is 5. The molecule has 90 valence electrons. The van der Waals surface area contributed by atoms with Crippen molar-refractivity contribution in [2.24, 2.45) is 0 Å². The molecule has 0 saturated heterocycles. The van der Waals surface area contributed by atoms with E-state index in [-0.39, 0.29) is 0 Å². The summed E-state index contributed by atoms with van der Waals surface area (Å²) in [5.41, 5.74) is 4.32. The Bertz CT molecular complexity index is 324. The monoisotopic (exact) mass is 219 g/mol. The first kappa shape index (κ1) is 13.2. The minimum absolute atomic E-state index is 0.583. The Kier molecular flexibility index (Phi) is 4.98. The van der Waals surface area contributed by atoms with E-state index >= 15 is 0 Å². The van der Waals surface area contributed by atoms with Crippen LogP contribution >= 0.6 is 0 Å². The molecule has 1 rings (SSSR count). The molecule has 0 atom stereocenters. The van der Waals surface area contributed by atoms with Crippen LogP contribution in [0.15, 0.2) is 12.3 Å². The van der Waals surface area contributed by atoms with Crippen molar-refractivity contribution in [1.29, 1.82) is 0 Å². The van der Waals surface area contributed by atoms with Crippen molar-refractivity contribution in [3.8, 4) is 0 Å². The molecule has 1 heterocycles. The molecule has 0 aromatic carbocycles. The molecular weight excluding hydrogens is 194 g/mol. The molecule has 0 radical (unpaired) electrons. The number of aromatic nitrogens is 1. The van der Waals surface area contributed by atoms with Crippen LogP contribution in [0.25, 0.3) is 0 Å². The van der Waals surface area contributed by atoms with Gasteiger partial charge in [0.15, 0.2) is 0 Å². The summed E-state index contributed by atoms with van der Waals surface area (Å²) in [6, 6.07) is 2.18. The van der Waals surface area contributed by atoms with Crippen LogP contribution in [0.1, 0.15) is 76.1 Å². The fourth-order valence-corrected chi connectivity index (χ4v) is 2.51. The Balaban J connectivity index is 3.26. The lowest BCUT2D eigenvalue weighted by molar-refractivity contribution is 0.606. The second kappa shape index (κ2) is 6.03. The third kappa shape index (κ3) is 2.63. The topological polar surface area (TPSA) is 12.9 Å². The normalized spacial score (nSPS) is 11.4. The Hall–Kier alpha value is -0.850. The lowest BCUT2D eigenvalue weighted by atomic mass is 9.87. The zero-order valence-electron chi connectivity index (χ0n) is 11.4. The Labute approximate surface area is 100 Å². The van der Waals surface area contributed by atoms with Gasteiger partial charge in [-0.3, -0.25) is 4.98 Å². The maximum absolute atomic E-state index is 4.65. The molecule has 0 amide bonds. The van der Waals surface area contributed by atoms with E-state index in [1.54, 1.807) is 0 Å². The molecule has 0 aliphatic carbocycles. The maximum atomic E-state index is 4.65. The van der Waals surface area contributed by atoms with Gasteiger partial charge in [-0.05, 0) is 42.4 Å². The third-order valence-electron chi connectivity index (χ3n) is 3.44. The molecule has 0 unspecified atom stereocenters. The highest BCUT2D eigenvalue weighted by Crippen LogP contribution is 2.31. The van der Waals surface area contributed by atoms with E-state index < -0.39 is 0 Å². The molecule has 1 aromatic heterocycles. The van der Waals surface area contributed by atoms with Crippen LogP contribution in [0.4, 0.5) is 0 Å². The van der Waals surface area contributed by atoms with Gasteiger partial charge in [0.1, 0.15) is 0 Å². The van der Waals surface area contributed by atoms with E-state index in [1.807, 2.05) is 6.20 Å². The van der Waals surface area contributed by atoms with E-state index in [2.05, 4.69) is 45.7 Å². The second-order valence-corrected chi connectivity index (χ2v) is 4.79. The number of hydrogen-bond donors (Lipinski definition) is 0. The molecular formula is C15H25N. The molecule has 0 aliphatic rings. The Morgan fingerprint density at radius 1 is 1.12 bits per heavy atom. The molecule has 0 bridgehead atoms. The molecule has 1 nitrogen and oxygen atoms in total. The van der Waals surface area contributed by atoms with Gasteiger partial charge in [-0.1, -0.05) is 34.6 Å². The summed E-state index contributed by atoms with van der Waals surface area (Å²) in [4.78, 5) is 4.65. The average Bonchev–Trinajstić information content (AvgIpc) is 2.30. The van der Waals surface area contributed by atoms with Crippen LogP contribution in [-0.2, 0) is 6.42 Å². The van der Waals surface area contributed by atoms with E-state index in [9.17, 15) is 0 Å². The maximum Gasteiger partial charge on any atom is 0.0471 e. The average molecular weight is 219 g/mol. The van der Waals surface area contributed by atoms with E-state index in [0.29, 0.717) is 11.8 Å². The standard InChI is InChI=1S/C15H25N/c1-6-12(7-2)15-14(11(4)5)13(8-3)9-10-16-15/h9-12H,6-8H2,1-5H3. The quantitative estimate of drug-likeness (QED) is 0.701. The van der Waals surface area contributed by atoms with Crippen molar-refractivity contribution in [3.05, 3.63) is 29.1 Å². The first-order chi connectivity index (χ1) is 7.65. The van der Waals surface area contributed by atoms with E-state index in [1.165, 1.54) is 29.7 Å². The van der Waals surface area contributed by atoms with Gasteiger partial charge in [0.25, 0.3) is 0 Å². The largest absolute Gasteiger partial charge is 0.261 e. The predicted octanol–water partition coefficient (Wildman–Crippen LogP) is 4.67. The fraction of sp³-hybridized carbons (Fsp3) is 0.667. The summed E-state index contributed by atoms with van der Waals surface area (Å²) in [5.74, 6) is 1.21. The lowest BCUT2D eigenvalue weighted by Crippen LogP contribution is -2.08. The van der Waals surface area contributed by atoms with Crippen LogP contribution in [-0.4, -0.2) is 4.98 Å². The number of pyridine rings is 1. The first-order valence-corrected chi connectivity index (χ1v) is 6.63. The highest BCUT2D eigenvalue weighted by molar-refractivity contribution is 5.35. The second-order valence-electron chi connectivity index (χ2n) is 4.79. The lowest BCUT2D eigenvalue weighted by Gasteiger charge is -2.21. The summed E-state index contributed by atoms with van der Waals surface area (Å²) in [6.45, 7) is 11.3. The smallest absolute Gasteiger partial charge is 0.0471 e. The van der Waals surface area contributed by atoms with Crippen LogP contribution in [0, 0.1) is 0 Å². The molecule has 0 saturated carbocycles. The number of hydrogen-bond acceptors (Lipinski definition) is 1. The third-order valence-corrected chi connectivity index (χ3v) is 3.44. The van der Waals surface area contributed by atoms with Gasteiger partial charge in [0.2, 0.25) is 0 Å². The Morgan fingerprint density at radius 2 is 1.75 bits per heavy atom. The molecule has 0 spiro atoms. The number of nitrogens with zero attached hydrogens (tertiary/aromatic N) is 1. The molecule has 0 fully saturated rings. The van der Waals surface area contributed by atoms with Crippen molar-refractivity contribution in [1.82, 2.24) is 4.98 Å². The van der Waals surface area contributed by atoms with Crippen LogP contribution < -0.4 is 0 Å². The van der Waals surface area contributed by atoms with Gasteiger partial charge < -0.3 is 0 Å². The minimum Gasteiger partial charge on any atom is -0.261 e. The predicted molar refractivity (Wildman–Crippen MR) is 71.0 cm³/mol. The van der Waals surface area contributed by atoms with Gasteiger partial charge in [0, 0.05) is 17.8 Å². The number of aryl methyl sites for hydroxylation is 1. The molecule has 0 aliphatic heterocycles. The van der Waals surface area contributed by atoms with E-state index in [4.69, 9.17) is 0 Å². The highest BCUT2D eigenvalue weighted by atomic mass is 14.7. The van der Waals surface area contributed by atoms with Gasteiger partial charge in [-0.15, -0.1) is 0 Å². The molecule has 1 heteroatoms. The van der Waals surface area contributed by atoms with Crippen molar-refractivity contribution in [2.45, 2.75) is 65.7 Å². The summed E-state index contributed by atoms with van der Waals surface area (Å²) in [7, 11) is 0. The summed E-state index contributed by atoms with van der Waals surface area (Å²) >= 11 is 0. The fourth-order valence-electron chi connectivity index (χ4n) is 2.51. The first-order valence-electron chi connectivity index (χ1n) is 6.63. The van der Waals surface area contributed by atoms with Crippen molar-refractivity contribution in [3.63, 3.8) is 0 Å². The van der Waals surface area contributed by atoms with Crippen LogP contribution in [0.3, 0.4) is 0 Å². The van der Waals surface area contributed by atoms with Gasteiger partial charge in [0.05, 0.1) is 0 Å². The SMILES string of the molecule is CCc1ccnc(C(CC)CC)c1C(C)C. The van der Waals surface area contributed by atoms with Gasteiger partial charge in [-0.2, -0.15) is 0 Å². The highest BCUT2D eigenvalue weighted by Gasteiger charge is 2.17. The summed E-state index contributed by atoms with van der Waals surface area (Å²) in [6.07, 6.45) is 5.48. The van der Waals surface area contributed by atoms with E-state index in [0.717, 1.165) is 6.42 Å². The van der Waals surface area contributed by atoms with Gasteiger partial charge >= 0.3 is 0 Å². The zero-order valence-corrected chi connectivity index (χ0v) is 11.4. The zero-order chi connectivity index (χ0) is 12.1. The summed E-state index contributed by atoms with van der Waals surface area (Å²) < 4.78 is 0. The molecule has 0 N–H and O–H groups in total. The summed E-state index contributed by atoms with van der Waals surface area (Å²) in [5, 5.41) is 0. The molecule has 16 heavy (non-hydrogen) atoms. The Morgan fingerprint density at radius 3 is 2.19 bits per heavy atom. The van der Waals surface area contributed by atoms with Crippen LogP contribution in [0.5, 0.6) is 0 Å². The van der Waals surface area contributed by atoms with Crippen molar-refractivity contribution in [2.75, 3.05) is 0 Å². The van der Waals surface area contributed by atoms with Gasteiger partial charge in [-0.25, -0.2) is 0 Å². The minimum atomic E-state index is 0.583. The molecule has 1 aromatic rings.